The Bertz CT molecular complexity index is 230. The fraction of sp³-hybridized carbons (Fsp3) is 0.800. The minimum absolute atomic E-state index is 0.465. The summed E-state index contributed by atoms with van der Waals surface area (Å²) in [6.07, 6.45) is 1.12. The summed E-state index contributed by atoms with van der Waals surface area (Å²) in [7, 11) is 1.23. The number of nitrogens with zero attached hydrogens (tertiary/aromatic N) is 1. The van der Waals surface area contributed by atoms with Gasteiger partial charge in [-0.2, -0.15) is 0 Å². The third-order valence-electron chi connectivity index (χ3n) is 2.52. The summed E-state index contributed by atoms with van der Waals surface area (Å²) < 4.78 is 4.41. The van der Waals surface area contributed by atoms with E-state index in [-0.39, 0.29) is 0 Å². The number of amides is 1. The molecule has 1 rings (SSSR count). The fourth-order valence-electron chi connectivity index (χ4n) is 2.05. The van der Waals surface area contributed by atoms with Crippen LogP contribution in [-0.2, 0) is 14.3 Å². The standard InChI is InChI=1S/C10H17NO3/c1-7-4-8(2)6-11(5-7)9(12)10(13)14-3/h7-8H,4-6H2,1-3H3. The minimum Gasteiger partial charge on any atom is -0.462 e. The van der Waals surface area contributed by atoms with Gasteiger partial charge in [-0.05, 0) is 18.3 Å². The van der Waals surface area contributed by atoms with Gasteiger partial charge in [-0.25, -0.2) is 4.79 Å². The lowest BCUT2D eigenvalue weighted by Gasteiger charge is -2.34. The van der Waals surface area contributed by atoms with Crippen LogP contribution in [0.1, 0.15) is 20.3 Å². The molecule has 0 aromatic heterocycles. The van der Waals surface area contributed by atoms with Crippen molar-refractivity contribution in [2.24, 2.45) is 11.8 Å². The van der Waals surface area contributed by atoms with Crippen molar-refractivity contribution in [1.29, 1.82) is 0 Å². The van der Waals surface area contributed by atoms with Crippen LogP contribution in [0.3, 0.4) is 0 Å². The van der Waals surface area contributed by atoms with Crippen molar-refractivity contribution in [1.82, 2.24) is 4.90 Å². The maximum atomic E-state index is 11.5. The van der Waals surface area contributed by atoms with E-state index in [0.717, 1.165) is 6.42 Å². The molecule has 0 N–H and O–H groups in total. The number of ether oxygens (including phenoxy) is 1. The molecule has 0 spiro atoms. The van der Waals surface area contributed by atoms with E-state index < -0.39 is 11.9 Å². The molecule has 0 radical (unpaired) electrons. The average molecular weight is 199 g/mol. The molecule has 1 fully saturated rings. The maximum absolute atomic E-state index is 11.5. The topological polar surface area (TPSA) is 46.6 Å². The van der Waals surface area contributed by atoms with Crippen LogP contribution in [0.4, 0.5) is 0 Å². The first kappa shape index (κ1) is 11.0. The number of piperidine rings is 1. The highest BCUT2D eigenvalue weighted by Crippen LogP contribution is 2.20. The highest BCUT2D eigenvalue weighted by atomic mass is 16.5. The van der Waals surface area contributed by atoms with E-state index >= 15 is 0 Å². The van der Waals surface area contributed by atoms with E-state index in [1.165, 1.54) is 7.11 Å². The number of esters is 1. The van der Waals surface area contributed by atoms with Crippen LogP contribution in [-0.4, -0.2) is 37.0 Å². The van der Waals surface area contributed by atoms with Gasteiger partial charge in [0.1, 0.15) is 0 Å². The monoisotopic (exact) mass is 199 g/mol. The van der Waals surface area contributed by atoms with Gasteiger partial charge >= 0.3 is 11.9 Å². The number of carbonyl (C=O) groups excluding carboxylic acids is 2. The molecule has 4 heteroatoms. The van der Waals surface area contributed by atoms with E-state index in [1.807, 2.05) is 0 Å². The maximum Gasteiger partial charge on any atom is 0.396 e. The van der Waals surface area contributed by atoms with E-state index in [4.69, 9.17) is 0 Å². The SMILES string of the molecule is COC(=O)C(=O)N1CC(C)CC(C)C1. The molecule has 80 valence electrons. The second kappa shape index (κ2) is 4.44. The van der Waals surface area contributed by atoms with Crippen molar-refractivity contribution in [2.75, 3.05) is 20.2 Å². The zero-order valence-corrected chi connectivity index (χ0v) is 8.95. The Morgan fingerprint density at radius 3 is 2.14 bits per heavy atom. The first-order chi connectivity index (χ1) is 6.54. The van der Waals surface area contributed by atoms with E-state index in [0.29, 0.717) is 24.9 Å². The minimum atomic E-state index is -0.758. The zero-order valence-electron chi connectivity index (χ0n) is 8.95. The van der Waals surface area contributed by atoms with Gasteiger partial charge in [-0.1, -0.05) is 13.8 Å². The van der Waals surface area contributed by atoms with Gasteiger partial charge in [0.15, 0.2) is 0 Å². The molecular formula is C10H17NO3. The number of hydrogen-bond acceptors (Lipinski definition) is 3. The Hall–Kier alpha value is -1.06. The van der Waals surface area contributed by atoms with Crippen molar-refractivity contribution in [3.05, 3.63) is 0 Å². The summed E-state index contributed by atoms with van der Waals surface area (Å²) in [5.74, 6) is -0.336. The summed E-state index contributed by atoms with van der Waals surface area (Å²) in [4.78, 5) is 24.1. The van der Waals surface area contributed by atoms with Crippen molar-refractivity contribution >= 4 is 11.9 Å². The third kappa shape index (κ3) is 2.47. The molecule has 1 amide bonds. The molecular weight excluding hydrogens is 182 g/mol. The second-order valence-corrected chi connectivity index (χ2v) is 4.15. The first-order valence-electron chi connectivity index (χ1n) is 4.91. The van der Waals surface area contributed by atoms with E-state index in [2.05, 4.69) is 18.6 Å². The van der Waals surface area contributed by atoms with Gasteiger partial charge in [0.25, 0.3) is 0 Å². The van der Waals surface area contributed by atoms with Gasteiger partial charge in [0, 0.05) is 13.1 Å². The van der Waals surface area contributed by atoms with Crippen LogP contribution < -0.4 is 0 Å². The van der Waals surface area contributed by atoms with Crippen LogP contribution in [0.5, 0.6) is 0 Å². The smallest absolute Gasteiger partial charge is 0.396 e. The first-order valence-corrected chi connectivity index (χ1v) is 4.91. The third-order valence-corrected chi connectivity index (χ3v) is 2.52. The van der Waals surface area contributed by atoms with Crippen molar-refractivity contribution in [2.45, 2.75) is 20.3 Å². The largest absolute Gasteiger partial charge is 0.462 e. The quantitative estimate of drug-likeness (QED) is 0.425. The van der Waals surface area contributed by atoms with E-state index in [9.17, 15) is 9.59 Å². The fourth-order valence-corrected chi connectivity index (χ4v) is 2.05. The molecule has 0 saturated carbocycles. The van der Waals surface area contributed by atoms with Crippen molar-refractivity contribution in [3.63, 3.8) is 0 Å². The normalized spacial score (nSPS) is 27.2. The van der Waals surface area contributed by atoms with Crippen LogP contribution in [0.15, 0.2) is 0 Å². The molecule has 4 nitrogen and oxygen atoms in total. The predicted molar refractivity (Wildman–Crippen MR) is 51.5 cm³/mol. The van der Waals surface area contributed by atoms with Crippen LogP contribution in [0.2, 0.25) is 0 Å². The van der Waals surface area contributed by atoms with Crippen LogP contribution >= 0.6 is 0 Å². The summed E-state index contributed by atoms with van der Waals surface area (Å²) in [5, 5.41) is 0. The molecule has 2 unspecified atom stereocenters. The molecule has 2 atom stereocenters. The Kier molecular flexibility index (Phi) is 3.49. The molecule has 1 aliphatic heterocycles. The summed E-state index contributed by atoms with van der Waals surface area (Å²) in [6.45, 7) is 5.51. The second-order valence-electron chi connectivity index (χ2n) is 4.15. The lowest BCUT2D eigenvalue weighted by Crippen LogP contribution is -2.45. The van der Waals surface area contributed by atoms with Gasteiger partial charge in [0.05, 0.1) is 7.11 Å². The van der Waals surface area contributed by atoms with Gasteiger partial charge < -0.3 is 9.64 Å². The molecule has 0 aliphatic carbocycles. The highest BCUT2D eigenvalue weighted by Gasteiger charge is 2.29. The molecule has 0 bridgehead atoms. The predicted octanol–water partition coefficient (Wildman–Crippen LogP) is 0.664. The Morgan fingerprint density at radius 2 is 1.71 bits per heavy atom. The molecule has 1 aliphatic rings. The summed E-state index contributed by atoms with van der Waals surface area (Å²) in [6, 6.07) is 0. The lowest BCUT2D eigenvalue weighted by atomic mass is 9.92. The zero-order chi connectivity index (χ0) is 10.7. The van der Waals surface area contributed by atoms with E-state index in [1.54, 1.807) is 4.90 Å². The van der Waals surface area contributed by atoms with Crippen LogP contribution in [0.25, 0.3) is 0 Å². The number of hydrogen-bond donors (Lipinski definition) is 0. The Labute approximate surface area is 84.2 Å². The van der Waals surface area contributed by atoms with Crippen molar-refractivity contribution in [3.8, 4) is 0 Å². The van der Waals surface area contributed by atoms with Gasteiger partial charge in [-0.3, -0.25) is 4.79 Å². The van der Waals surface area contributed by atoms with Crippen molar-refractivity contribution < 1.29 is 14.3 Å². The molecule has 14 heavy (non-hydrogen) atoms. The number of likely N-dealkylation sites (tertiary alicyclic amines) is 1. The summed E-state index contributed by atoms with van der Waals surface area (Å²) in [5.41, 5.74) is 0. The molecule has 0 aromatic carbocycles. The number of methoxy groups -OCH3 is 1. The molecule has 0 aromatic rings. The number of rotatable bonds is 0. The van der Waals surface area contributed by atoms with Crippen LogP contribution in [0, 0.1) is 11.8 Å². The number of carbonyl (C=O) groups is 2. The Balaban J connectivity index is 2.59. The average Bonchev–Trinajstić information content (AvgIpc) is 2.14. The molecule has 1 saturated heterocycles. The van der Waals surface area contributed by atoms with Gasteiger partial charge in [-0.15, -0.1) is 0 Å². The molecule has 1 heterocycles. The lowest BCUT2D eigenvalue weighted by molar-refractivity contribution is -0.159. The van der Waals surface area contributed by atoms with Gasteiger partial charge in [0.2, 0.25) is 0 Å². The Morgan fingerprint density at radius 1 is 1.21 bits per heavy atom. The summed E-state index contributed by atoms with van der Waals surface area (Å²) >= 11 is 0. The highest BCUT2D eigenvalue weighted by molar-refractivity contribution is 6.32.